The van der Waals surface area contributed by atoms with Crippen LogP contribution in [0.4, 0.5) is 0 Å². The zero-order valence-corrected chi connectivity index (χ0v) is 15.6. The second-order valence-electron chi connectivity index (χ2n) is 8.16. The number of hydrogen-bond donors (Lipinski definition) is 0. The summed E-state index contributed by atoms with van der Waals surface area (Å²) in [6, 6.07) is 5.33. The van der Waals surface area contributed by atoms with Crippen LogP contribution in [0.5, 0.6) is 5.75 Å². The van der Waals surface area contributed by atoms with Crippen LogP contribution >= 0.6 is 11.6 Å². The molecule has 1 aliphatic heterocycles. The number of rotatable bonds is 3. The first-order valence-electron chi connectivity index (χ1n) is 8.46. The number of halogens is 1. The Bertz CT molecular complexity index is 747. The smallest absolute Gasteiger partial charge is 0.316 e. The van der Waals surface area contributed by atoms with Gasteiger partial charge in [0.2, 0.25) is 0 Å². The second kappa shape index (κ2) is 6.17. The van der Waals surface area contributed by atoms with Crippen LogP contribution in [-0.4, -0.2) is 18.5 Å². The summed E-state index contributed by atoms with van der Waals surface area (Å²) in [6.07, 6.45) is 2.01. The van der Waals surface area contributed by atoms with Gasteiger partial charge >= 0.3 is 11.9 Å². The van der Waals surface area contributed by atoms with Crippen molar-refractivity contribution in [1.82, 2.24) is 0 Å². The highest BCUT2D eigenvalue weighted by Crippen LogP contribution is 2.52. The third kappa shape index (κ3) is 3.32. The summed E-state index contributed by atoms with van der Waals surface area (Å²) in [4.78, 5) is 24.6. The van der Waals surface area contributed by atoms with E-state index in [0.29, 0.717) is 30.2 Å². The van der Waals surface area contributed by atoms with Crippen molar-refractivity contribution in [2.75, 3.05) is 6.61 Å². The molecule has 1 saturated carbocycles. The zero-order valence-electron chi connectivity index (χ0n) is 14.9. The quantitative estimate of drug-likeness (QED) is 0.456. The lowest BCUT2D eigenvalue weighted by molar-refractivity contribution is -0.146. The summed E-state index contributed by atoms with van der Waals surface area (Å²) in [6.45, 7) is 9.87. The predicted octanol–water partition coefficient (Wildman–Crippen LogP) is 4.34. The summed E-state index contributed by atoms with van der Waals surface area (Å²) in [5.74, 6) is -0.00423. The Morgan fingerprint density at radius 2 is 2.16 bits per heavy atom. The molecule has 0 spiro atoms. The number of cyclic esters (lactones) is 1. The van der Waals surface area contributed by atoms with E-state index in [4.69, 9.17) is 21.1 Å². The fourth-order valence-corrected chi connectivity index (χ4v) is 3.77. The first kappa shape index (κ1) is 18.0. The standard InChI is InChI=1S/C20H23ClO4/c1-12-7-14-11-24-18(23)20(14,9-12)10-13-5-6-15(21)16(8-13)25-17(22)19(2,3)4/h5-6,8,14H,1,7,9-11H2,2-4H3. The molecular weight excluding hydrogens is 340 g/mol. The van der Waals surface area contributed by atoms with Crippen LogP contribution in [0.2, 0.25) is 5.02 Å². The van der Waals surface area contributed by atoms with Gasteiger partial charge in [-0.15, -0.1) is 0 Å². The van der Waals surface area contributed by atoms with Gasteiger partial charge in [-0.2, -0.15) is 0 Å². The SMILES string of the molecule is C=C1CC2COC(=O)C2(Cc2ccc(Cl)c(OC(=O)C(C)(C)C)c2)C1. The zero-order chi connectivity index (χ0) is 18.4. The molecule has 2 atom stereocenters. The number of ether oxygens (including phenoxy) is 2. The van der Waals surface area contributed by atoms with E-state index >= 15 is 0 Å². The Hall–Kier alpha value is -1.81. The van der Waals surface area contributed by atoms with Gasteiger partial charge in [-0.25, -0.2) is 0 Å². The van der Waals surface area contributed by atoms with Gasteiger partial charge in [0, 0.05) is 5.92 Å². The highest BCUT2D eigenvalue weighted by Gasteiger charge is 2.55. The molecule has 5 heteroatoms. The monoisotopic (exact) mass is 362 g/mol. The Balaban J connectivity index is 1.86. The van der Waals surface area contributed by atoms with Gasteiger partial charge in [0.15, 0.2) is 0 Å². The van der Waals surface area contributed by atoms with E-state index in [-0.39, 0.29) is 17.9 Å². The van der Waals surface area contributed by atoms with Crippen molar-refractivity contribution < 1.29 is 19.1 Å². The molecule has 0 radical (unpaired) electrons. The van der Waals surface area contributed by atoms with Gasteiger partial charge < -0.3 is 9.47 Å². The number of carbonyl (C=O) groups excluding carboxylic acids is 2. The fourth-order valence-electron chi connectivity index (χ4n) is 3.62. The molecule has 1 aromatic rings. The Morgan fingerprint density at radius 3 is 2.84 bits per heavy atom. The molecule has 0 aromatic heterocycles. The minimum atomic E-state index is -0.623. The largest absolute Gasteiger partial charge is 0.465 e. The summed E-state index contributed by atoms with van der Waals surface area (Å²) in [5.41, 5.74) is 0.826. The topological polar surface area (TPSA) is 52.6 Å². The van der Waals surface area contributed by atoms with Gasteiger partial charge in [-0.3, -0.25) is 9.59 Å². The lowest BCUT2D eigenvalue weighted by atomic mass is 9.75. The molecule has 1 heterocycles. The van der Waals surface area contributed by atoms with Crippen LogP contribution < -0.4 is 4.74 Å². The average molecular weight is 363 g/mol. The van der Waals surface area contributed by atoms with Crippen molar-refractivity contribution in [3.05, 3.63) is 40.9 Å². The summed E-state index contributed by atoms with van der Waals surface area (Å²) in [5, 5.41) is 0.375. The third-order valence-electron chi connectivity index (χ3n) is 5.03. The van der Waals surface area contributed by atoms with E-state index in [1.165, 1.54) is 0 Å². The molecule has 0 bridgehead atoms. The lowest BCUT2D eigenvalue weighted by Crippen LogP contribution is -2.31. The number of carbonyl (C=O) groups is 2. The molecule has 25 heavy (non-hydrogen) atoms. The van der Waals surface area contributed by atoms with E-state index in [1.807, 2.05) is 6.07 Å². The van der Waals surface area contributed by atoms with Crippen LogP contribution in [0.25, 0.3) is 0 Å². The molecule has 0 N–H and O–H groups in total. The highest BCUT2D eigenvalue weighted by atomic mass is 35.5. The van der Waals surface area contributed by atoms with E-state index < -0.39 is 10.8 Å². The normalized spacial score (nSPS) is 25.7. The Morgan fingerprint density at radius 1 is 1.44 bits per heavy atom. The second-order valence-corrected chi connectivity index (χ2v) is 8.57. The summed E-state index contributed by atoms with van der Waals surface area (Å²) < 4.78 is 10.8. The molecule has 0 amide bonds. The molecule has 2 aliphatic rings. The van der Waals surface area contributed by atoms with Crippen LogP contribution in [0.3, 0.4) is 0 Å². The molecule has 2 unspecified atom stereocenters. The fraction of sp³-hybridized carbons (Fsp3) is 0.500. The van der Waals surface area contributed by atoms with Crippen molar-refractivity contribution in [2.45, 2.75) is 40.0 Å². The van der Waals surface area contributed by atoms with Gasteiger partial charge in [0.1, 0.15) is 5.75 Å². The first-order chi connectivity index (χ1) is 11.6. The molecule has 1 saturated heterocycles. The summed E-state index contributed by atoms with van der Waals surface area (Å²) in [7, 11) is 0. The number of benzene rings is 1. The minimum absolute atomic E-state index is 0.153. The third-order valence-corrected chi connectivity index (χ3v) is 5.35. The van der Waals surface area contributed by atoms with Crippen LogP contribution in [-0.2, 0) is 20.7 Å². The van der Waals surface area contributed by atoms with Gasteiger partial charge in [-0.05, 0) is 57.7 Å². The maximum atomic E-state index is 12.4. The number of fused-ring (bicyclic) bond motifs is 1. The number of allylic oxidation sites excluding steroid dienone is 1. The number of esters is 2. The number of hydrogen-bond acceptors (Lipinski definition) is 4. The molecule has 3 rings (SSSR count). The molecule has 2 fully saturated rings. The minimum Gasteiger partial charge on any atom is -0.465 e. The highest BCUT2D eigenvalue weighted by molar-refractivity contribution is 6.32. The van der Waals surface area contributed by atoms with Crippen molar-refractivity contribution >= 4 is 23.5 Å². The Labute approximate surface area is 153 Å². The van der Waals surface area contributed by atoms with Crippen LogP contribution in [0, 0.1) is 16.7 Å². The lowest BCUT2D eigenvalue weighted by Gasteiger charge is -2.24. The first-order valence-corrected chi connectivity index (χ1v) is 8.84. The summed E-state index contributed by atoms with van der Waals surface area (Å²) >= 11 is 6.19. The molecule has 1 aliphatic carbocycles. The van der Waals surface area contributed by atoms with Crippen molar-refractivity contribution in [2.24, 2.45) is 16.7 Å². The van der Waals surface area contributed by atoms with E-state index in [9.17, 15) is 9.59 Å². The van der Waals surface area contributed by atoms with E-state index in [1.54, 1.807) is 32.9 Å². The molecular formula is C20H23ClO4. The maximum absolute atomic E-state index is 12.4. The molecule has 4 nitrogen and oxygen atoms in total. The van der Waals surface area contributed by atoms with Gasteiger partial charge in [-0.1, -0.05) is 29.8 Å². The van der Waals surface area contributed by atoms with Crippen LogP contribution in [0.15, 0.2) is 30.4 Å². The van der Waals surface area contributed by atoms with Crippen molar-refractivity contribution in [3.8, 4) is 5.75 Å². The van der Waals surface area contributed by atoms with E-state index in [0.717, 1.165) is 17.6 Å². The van der Waals surface area contributed by atoms with Crippen LogP contribution in [0.1, 0.15) is 39.2 Å². The van der Waals surface area contributed by atoms with Crippen molar-refractivity contribution in [3.63, 3.8) is 0 Å². The van der Waals surface area contributed by atoms with Gasteiger partial charge in [0.05, 0.1) is 22.5 Å². The Kier molecular flexibility index (Phi) is 4.44. The average Bonchev–Trinajstić information content (AvgIpc) is 2.97. The molecule has 1 aromatic carbocycles. The van der Waals surface area contributed by atoms with Crippen molar-refractivity contribution in [1.29, 1.82) is 0 Å². The van der Waals surface area contributed by atoms with Gasteiger partial charge in [0.25, 0.3) is 0 Å². The maximum Gasteiger partial charge on any atom is 0.316 e. The predicted molar refractivity (Wildman–Crippen MR) is 95.5 cm³/mol. The van der Waals surface area contributed by atoms with E-state index in [2.05, 4.69) is 6.58 Å². The molecule has 134 valence electrons.